The zero-order valence-electron chi connectivity index (χ0n) is 9.15. The molecule has 0 aromatic heterocycles. The van der Waals surface area contributed by atoms with Crippen LogP contribution in [0.2, 0.25) is 5.02 Å². The van der Waals surface area contributed by atoms with Gasteiger partial charge in [-0.05, 0) is 29.8 Å². The van der Waals surface area contributed by atoms with Gasteiger partial charge in [-0.25, -0.2) is 0 Å². The van der Waals surface area contributed by atoms with E-state index in [9.17, 15) is 0 Å². The number of nitriles is 1. The zero-order chi connectivity index (χ0) is 12.1. The van der Waals surface area contributed by atoms with E-state index in [1.165, 1.54) is 0 Å². The molecule has 0 aliphatic heterocycles. The molecule has 0 aliphatic carbocycles. The minimum Gasteiger partial charge on any atom is -0.380 e. The van der Waals surface area contributed by atoms with Crippen molar-refractivity contribution in [3.63, 3.8) is 0 Å². The minimum absolute atomic E-state index is 0.654. The first-order valence-electron chi connectivity index (χ1n) is 5.27. The molecule has 1 N–H and O–H groups in total. The van der Waals surface area contributed by atoms with Gasteiger partial charge in [-0.15, -0.1) is 0 Å². The number of hydrogen-bond donors (Lipinski definition) is 1. The second-order valence-corrected chi connectivity index (χ2v) is 4.07. The standard InChI is InChI=1S/C14H11ClN2/c15-13-7-5-11(6-8-13)10-17-14-4-2-1-3-12(14)9-16/h1-8,17H,10H2. The van der Waals surface area contributed by atoms with Crippen LogP contribution in [0.1, 0.15) is 11.1 Å². The van der Waals surface area contributed by atoms with Crippen LogP contribution in [0.15, 0.2) is 48.5 Å². The molecule has 2 aromatic carbocycles. The summed E-state index contributed by atoms with van der Waals surface area (Å²) in [6.07, 6.45) is 0. The van der Waals surface area contributed by atoms with Gasteiger partial charge in [0.15, 0.2) is 0 Å². The number of halogens is 1. The fourth-order valence-corrected chi connectivity index (χ4v) is 1.66. The highest BCUT2D eigenvalue weighted by atomic mass is 35.5. The van der Waals surface area contributed by atoms with Crippen molar-refractivity contribution >= 4 is 17.3 Å². The maximum Gasteiger partial charge on any atom is 0.101 e. The van der Waals surface area contributed by atoms with Crippen molar-refractivity contribution in [2.24, 2.45) is 0 Å². The lowest BCUT2D eigenvalue weighted by atomic mass is 10.1. The Morgan fingerprint density at radius 2 is 1.76 bits per heavy atom. The normalized spacial score (nSPS) is 9.65. The maximum absolute atomic E-state index is 8.94. The molecule has 0 radical (unpaired) electrons. The van der Waals surface area contributed by atoms with E-state index in [0.29, 0.717) is 12.1 Å². The first-order valence-corrected chi connectivity index (χ1v) is 5.65. The number of para-hydroxylation sites is 1. The molecule has 0 atom stereocenters. The maximum atomic E-state index is 8.94. The smallest absolute Gasteiger partial charge is 0.101 e. The van der Waals surface area contributed by atoms with E-state index in [0.717, 1.165) is 16.3 Å². The van der Waals surface area contributed by atoms with Gasteiger partial charge in [0.2, 0.25) is 0 Å². The van der Waals surface area contributed by atoms with Crippen LogP contribution in [0, 0.1) is 11.3 Å². The van der Waals surface area contributed by atoms with Gasteiger partial charge in [-0.3, -0.25) is 0 Å². The topological polar surface area (TPSA) is 35.8 Å². The monoisotopic (exact) mass is 242 g/mol. The lowest BCUT2D eigenvalue weighted by molar-refractivity contribution is 1.15. The molecule has 2 aromatic rings. The lowest BCUT2D eigenvalue weighted by Crippen LogP contribution is -2.00. The summed E-state index contributed by atoms with van der Waals surface area (Å²) in [6, 6.07) is 17.2. The number of hydrogen-bond acceptors (Lipinski definition) is 2. The fourth-order valence-electron chi connectivity index (χ4n) is 1.53. The van der Waals surface area contributed by atoms with Gasteiger partial charge in [0.25, 0.3) is 0 Å². The molecule has 0 saturated heterocycles. The van der Waals surface area contributed by atoms with Crippen molar-refractivity contribution in [2.45, 2.75) is 6.54 Å². The SMILES string of the molecule is N#Cc1ccccc1NCc1ccc(Cl)cc1. The Bertz CT molecular complexity index is 541. The molecule has 0 saturated carbocycles. The summed E-state index contributed by atoms with van der Waals surface area (Å²) in [4.78, 5) is 0. The summed E-state index contributed by atoms with van der Waals surface area (Å²) in [5.74, 6) is 0. The van der Waals surface area contributed by atoms with E-state index >= 15 is 0 Å². The second kappa shape index (κ2) is 5.38. The average molecular weight is 243 g/mol. The summed E-state index contributed by atoms with van der Waals surface area (Å²) in [5.41, 5.74) is 2.63. The van der Waals surface area contributed by atoms with Crippen LogP contribution < -0.4 is 5.32 Å². The molecular weight excluding hydrogens is 232 g/mol. The fraction of sp³-hybridized carbons (Fsp3) is 0.0714. The number of rotatable bonds is 3. The Kier molecular flexibility index (Phi) is 3.64. The van der Waals surface area contributed by atoms with E-state index < -0.39 is 0 Å². The van der Waals surface area contributed by atoms with Crippen molar-refractivity contribution in [1.29, 1.82) is 5.26 Å². The molecule has 0 amide bonds. The van der Waals surface area contributed by atoms with Crippen molar-refractivity contribution in [3.05, 3.63) is 64.7 Å². The van der Waals surface area contributed by atoms with Crippen LogP contribution in [-0.4, -0.2) is 0 Å². The quantitative estimate of drug-likeness (QED) is 0.888. The molecule has 0 spiro atoms. The van der Waals surface area contributed by atoms with E-state index in [-0.39, 0.29) is 0 Å². The molecular formula is C14H11ClN2. The summed E-state index contributed by atoms with van der Waals surface area (Å²) in [6.45, 7) is 0.676. The van der Waals surface area contributed by atoms with Crippen molar-refractivity contribution in [1.82, 2.24) is 0 Å². The van der Waals surface area contributed by atoms with Crippen LogP contribution in [0.25, 0.3) is 0 Å². The average Bonchev–Trinajstić information content (AvgIpc) is 2.38. The molecule has 0 bridgehead atoms. The number of nitrogens with one attached hydrogen (secondary N) is 1. The number of benzene rings is 2. The molecule has 17 heavy (non-hydrogen) atoms. The van der Waals surface area contributed by atoms with Crippen molar-refractivity contribution in [2.75, 3.05) is 5.32 Å². The van der Waals surface area contributed by atoms with Gasteiger partial charge in [-0.2, -0.15) is 5.26 Å². The van der Waals surface area contributed by atoms with Gasteiger partial charge in [0.05, 0.1) is 11.3 Å². The van der Waals surface area contributed by atoms with E-state index in [2.05, 4.69) is 11.4 Å². The summed E-state index contributed by atoms with van der Waals surface area (Å²) < 4.78 is 0. The zero-order valence-corrected chi connectivity index (χ0v) is 9.91. The van der Waals surface area contributed by atoms with Gasteiger partial charge in [-0.1, -0.05) is 35.9 Å². The third-order valence-corrected chi connectivity index (χ3v) is 2.70. The Hall–Kier alpha value is -1.98. The third-order valence-electron chi connectivity index (χ3n) is 2.44. The largest absolute Gasteiger partial charge is 0.380 e. The Morgan fingerprint density at radius 3 is 2.47 bits per heavy atom. The van der Waals surface area contributed by atoms with Gasteiger partial charge in [0, 0.05) is 11.6 Å². The highest BCUT2D eigenvalue weighted by molar-refractivity contribution is 6.30. The van der Waals surface area contributed by atoms with Crippen LogP contribution in [-0.2, 0) is 6.54 Å². The second-order valence-electron chi connectivity index (χ2n) is 3.64. The molecule has 3 heteroatoms. The minimum atomic E-state index is 0.654. The molecule has 2 rings (SSSR count). The first kappa shape index (κ1) is 11.5. The molecule has 0 fully saturated rings. The number of nitrogens with zero attached hydrogens (tertiary/aromatic N) is 1. The predicted molar refractivity (Wildman–Crippen MR) is 69.9 cm³/mol. The third kappa shape index (κ3) is 2.99. The predicted octanol–water partition coefficient (Wildman–Crippen LogP) is 3.82. The van der Waals surface area contributed by atoms with E-state index in [1.807, 2.05) is 42.5 Å². The van der Waals surface area contributed by atoms with Gasteiger partial charge in [0.1, 0.15) is 6.07 Å². The van der Waals surface area contributed by atoms with Crippen LogP contribution >= 0.6 is 11.6 Å². The molecule has 0 unspecified atom stereocenters. The molecule has 84 valence electrons. The Labute approximate surface area is 105 Å². The van der Waals surface area contributed by atoms with Crippen LogP contribution in [0.5, 0.6) is 0 Å². The summed E-state index contributed by atoms with van der Waals surface area (Å²) in [5, 5.41) is 12.9. The van der Waals surface area contributed by atoms with Crippen molar-refractivity contribution < 1.29 is 0 Å². The highest BCUT2D eigenvalue weighted by Gasteiger charge is 1.99. The molecule has 0 aliphatic rings. The van der Waals surface area contributed by atoms with E-state index in [4.69, 9.17) is 16.9 Å². The van der Waals surface area contributed by atoms with Crippen molar-refractivity contribution in [3.8, 4) is 6.07 Å². The number of anilines is 1. The molecule has 0 heterocycles. The van der Waals surface area contributed by atoms with Crippen LogP contribution in [0.4, 0.5) is 5.69 Å². The van der Waals surface area contributed by atoms with Gasteiger partial charge < -0.3 is 5.32 Å². The summed E-state index contributed by atoms with van der Waals surface area (Å²) in [7, 11) is 0. The summed E-state index contributed by atoms with van der Waals surface area (Å²) >= 11 is 5.81. The lowest BCUT2D eigenvalue weighted by Gasteiger charge is -2.07. The molecule has 2 nitrogen and oxygen atoms in total. The van der Waals surface area contributed by atoms with Gasteiger partial charge >= 0.3 is 0 Å². The Balaban J connectivity index is 2.08. The first-order chi connectivity index (χ1) is 8.29. The van der Waals surface area contributed by atoms with E-state index in [1.54, 1.807) is 6.07 Å². The van der Waals surface area contributed by atoms with Crippen LogP contribution in [0.3, 0.4) is 0 Å². The highest BCUT2D eigenvalue weighted by Crippen LogP contribution is 2.15. The Morgan fingerprint density at radius 1 is 1.06 bits per heavy atom.